The molecule has 1 aromatic heterocycles. The van der Waals surface area contributed by atoms with E-state index in [4.69, 9.17) is 0 Å². The molecule has 3 heterocycles. The first kappa shape index (κ1) is 19.7. The lowest BCUT2D eigenvalue weighted by molar-refractivity contribution is 0.140. The van der Waals surface area contributed by atoms with E-state index in [0.29, 0.717) is 24.0 Å². The van der Waals surface area contributed by atoms with Gasteiger partial charge >= 0.3 is 6.09 Å². The molecule has 160 valence electrons. The van der Waals surface area contributed by atoms with Crippen LogP contribution >= 0.6 is 0 Å². The Balaban J connectivity index is 1.49. The first-order valence-corrected chi connectivity index (χ1v) is 11.5. The Labute approximate surface area is 178 Å². The van der Waals surface area contributed by atoms with Gasteiger partial charge in [-0.05, 0) is 42.8 Å². The molecule has 2 fully saturated rings. The molecule has 1 N–H and O–H groups in total. The molecular weight excluding hydrogens is 421 g/mol. The summed E-state index contributed by atoms with van der Waals surface area (Å²) in [6, 6.07) is 11.8. The van der Waals surface area contributed by atoms with Gasteiger partial charge in [-0.25, -0.2) is 17.6 Å². The van der Waals surface area contributed by atoms with Crippen molar-refractivity contribution in [1.29, 1.82) is 0 Å². The van der Waals surface area contributed by atoms with E-state index in [9.17, 15) is 22.7 Å². The van der Waals surface area contributed by atoms with Gasteiger partial charge in [-0.15, -0.1) is 0 Å². The highest BCUT2D eigenvalue weighted by atomic mass is 32.2. The fraction of sp³-hybridized carbons (Fsp3) is 0.273. The highest BCUT2D eigenvalue weighted by Gasteiger charge is 2.43. The predicted molar refractivity (Wildman–Crippen MR) is 112 cm³/mol. The third kappa shape index (κ3) is 3.29. The van der Waals surface area contributed by atoms with Crippen molar-refractivity contribution in [3.63, 3.8) is 0 Å². The minimum absolute atomic E-state index is 0.00679. The van der Waals surface area contributed by atoms with Gasteiger partial charge < -0.3 is 14.9 Å². The molecule has 0 bridgehead atoms. The van der Waals surface area contributed by atoms with Crippen molar-refractivity contribution >= 4 is 32.5 Å². The van der Waals surface area contributed by atoms with Crippen molar-refractivity contribution in [1.82, 2.24) is 9.88 Å². The van der Waals surface area contributed by atoms with E-state index < -0.39 is 21.7 Å². The highest BCUT2D eigenvalue weighted by Crippen LogP contribution is 2.37. The molecule has 2 unspecified atom stereocenters. The van der Waals surface area contributed by atoms with Crippen LogP contribution in [0.25, 0.3) is 10.9 Å². The van der Waals surface area contributed by atoms with Gasteiger partial charge in [0, 0.05) is 37.1 Å². The van der Waals surface area contributed by atoms with Crippen LogP contribution in [0, 0.1) is 11.7 Å². The second-order valence-corrected chi connectivity index (χ2v) is 9.92. The van der Waals surface area contributed by atoms with Gasteiger partial charge in [-0.1, -0.05) is 12.1 Å². The fourth-order valence-electron chi connectivity index (χ4n) is 4.67. The average molecular weight is 441 g/mol. The standard InChI is InChI=1S/C22H20FN3O4S/c23-16-4-6-17(7-5-16)31(29,30)18-10-14-2-1-3-19(21(14)24-11-18)25-12-15-8-9-26(22(27)28)20(15)13-25/h1-7,10-11,15,20H,8-9,12-13H2,(H,27,28). The zero-order valence-corrected chi connectivity index (χ0v) is 17.3. The van der Waals surface area contributed by atoms with Gasteiger partial charge in [0.2, 0.25) is 9.84 Å². The highest BCUT2D eigenvalue weighted by molar-refractivity contribution is 7.91. The zero-order valence-electron chi connectivity index (χ0n) is 16.5. The molecule has 31 heavy (non-hydrogen) atoms. The molecule has 0 spiro atoms. The normalized spacial score (nSPS) is 20.9. The van der Waals surface area contributed by atoms with E-state index in [1.807, 2.05) is 12.1 Å². The van der Waals surface area contributed by atoms with Crippen LogP contribution in [-0.2, 0) is 9.84 Å². The minimum atomic E-state index is -3.82. The number of carboxylic acid groups (broad SMARTS) is 1. The number of carbonyl (C=O) groups is 1. The Bertz CT molecular complexity index is 1280. The summed E-state index contributed by atoms with van der Waals surface area (Å²) in [5.41, 5.74) is 1.53. The number of hydrogen-bond acceptors (Lipinski definition) is 5. The number of aromatic nitrogens is 1. The minimum Gasteiger partial charge on any atom is -0.465 e. The number of sulfone groups is 1. The van der Waals surface area contributed by atoms with Gasteiger partial charge in [-0.2, -0.15) is 0 Å². The molecule has 1 amide bonds. The second-order valence-electron chi connectivity index (χ2n) is 7.97. The molecule has 2 saturated heterocycles. The number of nitrogens with zero attached hydrogens (tertiary/aromatic N) is 3. The lowest BCUT2D eigenvalue weighted by atomic mass is 10.1. The topological polar surface area (TPSA) is 90.8 Å². The summed E-state index contributed by atoms with van der Waals surface area (Å²) in [7, 11) is -3.82. The van der Waals surface area contributed by atoms with E-state index in [2.05, 4.69) is 9.88 Å². The van der Waals surface area contributed by atoms with Gasteiger partial charge in [0.15, 0.2) is 0 Å². The summed E-state index contributed by atoms with van der Waals surface area (Å²) in [6.07, 6.45) is 1.28. The molecule has 5 rings (SSSR count). The van der Waals surface area contributed by atoms with Crippen molar-refractivity contribution in [2.75, 3.05) is 24.5 Å². The molecule has 2 aliphatic rings. The number of rotatable bonds is 3. The zero-order chi connectivity index (χ0) is 21.8. The summed E-state index contributed by atoms with van der Waals surface area (Å²) in [5, 5.41) is 10.1. The Morgan fingerprint density at radius 1 is 1.10 bits per heavy atom. The SMILES string of the molecule is O=C(O)N1CCC2CN(c3cccc4cc(S(=O)(=O)c5ccc(F)cc5)cnc34)CC21. The van der Waals surface area contributed by atoms with E-state index >= 15 is 0 Å². The first-order chi connectivity index (χ1) is 14.8. The van der Waals surface area contributed by atoms with Crippen molar-refractivity contribution < 1.29 is 22.7 Å². The van der Waals surface area contributed by atoms with E-state index in [1.165, 1.54) is 23.2 Å². The molecule has 0 radical (unpaired) electrons. The third-order valence-corrected chi connectivity index (χ3v) is 7.97. The molecular formula is C22H20FN3O4S. The maximum absolute atomic E-state index is 13.2. The summed E-state index contributed by atoms with van der Waals surface area (Å²) in [6.45, 7) is 1.90. The van der Waals surface area contributed by atoms with Crippen LogP contribution in [0.5, 0.6) is 0 Å². The van der Waals surface area contributed by atoms with E-state index in [-0.39, 0.29) is 21.8 Å². The number of para-hydroxylation sites is 1. The Kier molecular flexibility index (Phi) is 4.58. The molecule has 0 aliphatic carbocycles. The number of likely N-dealkylation sites (tertiary alicyclic amines) is 1. The Morgan fingerprint density at radius 2 is 1.87 bits per heavy atom. The van der Waals surface area contributed by atoms with Gasteiger partial charge in [-0.3, -0.25) is 4.98 Å². The predicted octanol–water partition coefficient (Wildman–Crippen LogP) is 3.40. The van der Waals surface area contributed by atoms with Crippen LogP contribution in [-0.4, -0.2) is 55.2 Å². The quantitative estimate of drug-likeness (QED) is 0.627. The van der Waals surface area contributed by atoms with Crippen LogP contribution in [0.1, 0.15) is 6.42 Å². The number of fused-ring (bicyclic) bond motifs is 2. The van der Waals surface area contributed by atoms with Crippen LogP contribution < -0.4 is 4.90 Å². The molecule has 2 aliphatic heterocycles. The maximum atomic E-state index is 13.2. The number of halogens is 1. The van der Waals surface area contributed by atoms with Crippen molar-refractivity contribution in [2.45, 2.75) is 22.3 Å². The van der Waals surface area contributed by atoms with Crippen molar-refractivity contribution in [3.8, 4) is 0 Å². The molecule has 7 nitrogen and oxygen atoms in total. The first-order valence-electron chi connectivity index (χ1n) is 9.98. The number of pyridine rings is 1. The van der Waals surface area contributed by atoms with Crippen LogP contribution in [0.3, 0.4) is 0 Å². The molecule has 2 atom stereocenters. The van der Waals surface area contributed by atoms with E-state index in [1.54, 1.807) is 12.1 Å². The van der Waals surface area contributed by atoms with E-state index in [0.717, 1.165) is 30.8 Å². The van der Waals surface area contributed by atoms with Crippen molar-refractivity contribution in [3.05, 3.63) is 60.5 Å². The number of benzene rings is 2. The maximum Gasteiger partial charge on any atom is 0.407 e. The third-order valence-electron chi connectivity index (χ3n) is 6.23. The molecule has 0 saturated carbocycles. The second kappa shape index (κ2) is 7.19. The Morgan fingerprint density at radius 3 is 2.61 bits per heavy atom. The van der Waals surface area contributed by atoms with Crippen molar-refractivity contribution in [2.24, 2.45) is 5.92 Å². The average Bonchev–Trinajstić information content (AvgIpc) is 3.34. The van der Waals surface area contributed by atoms with Gasteiger partial charge in [0.1, 0.15) is 5.82 Å². The summed E-state index contributed by atoms with van der Waals surface area (Å²) in [4.78, 5) is 19.6. The number of amides is 1. The number of hydrogen-bond donors (Lipinski definition) is 1. The Hall–Kier alpha value is -3.20. The summed E-state index contributed by atoms with van der Waals surface area (Å²) < 4.78 is 39.0. The molecule has 3 aromatic rings. The lowest BCUT2D eigenvalue weighted by Crippen LogP contribution is -2.38. The lowest BCUT2D eigenvalue weighted by Gasteiger charge is -2.24. The van der Waals surface area contributed by atoms with Gasteiger partial charge in [0.05, 0.1) is 27.0 Å². The molecule has 2 aromatic carbocycles. The summed E-state index contributed by atoms with van der Waals surface area (Å²) >= 11 is 0. The van der Waals surface area contributed by atoms with Crippen LogP contribution in [0.2, 0.25) is 0 Å². The largest absolute Gasteiger partial charge is 0.465 e. The monoisotopic (exact) mass is 441 g/mol. The smallest absolute Gasteiger partial charge is 0.407 e. The fourth-order valence-corrected chi connectivity index (χ4v) is 5.91. The number of anilines is 1. The van der Waals surface area contributed by atoms with Crippen LogP contribution in [0.15, 0.2) is 64.5 Å². The van der Waals surface area contributed by atoms with Crippen LogP contribution in [0.4, 0.5) is 14.9 Å². The molecule has 9 heteroatoms. The van der Waals surface area contributed by atoms with Gasteiger partial charge in [0.25, 0.3) is 0 Å². The summed E-state index contributed by atoms with van der Waals surface area (Å²) in [5.74, 6) is -0.221.